The van der Waals surface area contributed by atoms with Gasteiger partial charge in [0.25, 0.3) is 6.01 Å². The Kier molecular flexibility index (Phi) is 3.13. The number of thioether (sulfide) groups is 1. The largest absolute Gasteiger partial charge is 0.420 e. The fraction of sp³-hybridized carbons (Fsp3) is 0.417. The third-order valence-electron chi connectivity index (χ3n) is 3.04. The molecule has 4 nitrogen and oxygen atoms in total. The lowest BCUT2D eigenvalue weighted by molar-refractivity contribution is 0.264. The van der Waals surface area contributed by atoms with E-state index in [1.54, 1.807) is 23.9 Å². The highest BCUT2D eigenvalue weighted by Gasteiger charge is 2.26. The Balaban J connectivity index is 2.00. The van der Waals surface area contributed by atoms with Gasteiger partial charge in [-0.25, -0.2) is 4.39 Å². The van der Waals surface area contributed by atoms with Gasteiger partial charge in [-0.05, 0) is 12.1 Å². The highest BCUT2D eigenvalue weighted by Crippen LogP contribution is 2.28. The minimum atomic E-state index is -0.404. The van der Waals surface area contributed by atoms with Crippen molar-refractivity contribution in [3.63, 3.8) is 0 Å². The minimum Gasteiger partial charge on any atom is -0.420 e. The Morgan fingerprint density at radius 1 is 1.56 bits per heavy atom. The molecule has 1 fully saturated rings. The molecular formula is C12H13FN2O2S. The van der Waals surface area contributed by atoms with Gasteiger partial charge in [-0.3, -0.25) is 0 Å². The summed E-state index contributed by atoms with van der Waals surface area (Å²) in [5, 5.41) is 9.35. The summed E-state index contributed by atoms with van der Waals surface area (Å²) in [6.07, 6.45) is 0. The molecule has 96 valence electrons. The molecular weight excluding hydrogens is 255 g/mol. The molecule has 1 aromatic carbocycles. The average Bonchev–Trinajstić information content (AvgIpc) is 2.84. The van der Waals surface area contributed by atoms with Crippen LogP contribution in [0.5, 0.6) is 0 Å². The number of oxazole rings is 1. The number of nitrogens with zero attached hydrogens (tertiary/aromatic N) is 2. The molecule has 0 radical (unpaired) electrons. The van der Waals surface area contributed by atoms with Crippen LogP contribution in [0.3, 0.4) is 0 Å². The molecule has 2 aromatic rings. The first-order chi connectivity index (χ1) is 8.79. The van der Waals surface area contributed by atoms with E-state index < -0.39 is 5.82 Å². The van der Waals surface area contributed by atoms with E-state index in [1.807, 2.05) is 4.90 Å². The number of aliphatic hydroxyl groups is 1. The molecule has 0 spiro atoms. The number of halogens is 1. The van der Waals surface area contributed by atoms with Crippen molar-refractivity contribution in [2.75, 3.05) is 29.6 Å². The summed E-state index contributed by atoms with van der Waals surface area (Å²) >= 11 is 1.79. The Bertz CT molecular complexity index is 560. The van der Waals surface area contributed by atoms with Gasteiger partial charge in [-0.15, -0.1) is 0 Å². The maximum absolute atomic E-state index is 13.5. The van der Waals surface area contributed by atoms with Gasteiger partial charge in [-0.1, -0.05) is 6.07 Å². The molecule has 0 amide bonds. The molecule has 1 aromatic heterocycles. The molecule has 0 saturated carbocycles. The normalized spacial score (nSPS) is 20.6. The number of hydrogen-bond donors (Lipinski definition) is 1. The van der Waals surface area contributed by atoms with E-state index in [0.29, 0.717) is 11.5 Å². The monoisotopic (exact) mass is 268 g/mol. The molecule has 6 heteroatoms. The van der Waals surface area contributed by atoms with Crippen molar-refractivity contribution >= 4 is 28.9 Å². The Morgan fingerprint density at radius 2 is 2.44 bits per heavy atom. The summed E-state index contributed by atoms with van der Waals surface area (Å²) in [7, 11) is 0. The van der Waals surface area contributed by atoms with Crippen LogP contribution in [0.4, 0.5) is 10.4 Å². The molecule has 18 heavy (non-hydrogen) atoms. The number of anilines is 1. The van der Waals surface area contributed by atoms with Crippen molar-refractivity contribution in [1.82, 2.24) is 4.98 Å². The van der Waals surface area contributed by atoms with E-state index >= 15 is 0 Å². The second-order valence-electron chi connectivity index (χ2n) is 4.19. The SMILES string of the molecule is OCC1CSCCN1c1nc2cccc(F)c2o1. The van der Waals surface area contributed by atoms with E-state index in [4.69, 9.17) is 4.42 Å². The third-order valence-corrected chi connectivity index (χ3v) is 4.13. The number of para-hydroxylation sites is 1. The third kappa shape index (κ3) is 1.95. The zero-order valence-corrected chi connectivity index (χ0v) is 10.5. The number of aromatic nitrogens is 1. The molecule has 0 bridgehead atoms. The first-order valence-corrected chi connectivity index (χ1v) is 6.95. The van der Waals surface area contributed by atoms with Crippen LogP contribution in [-0.2, 0) is 0 Å². The lowest BCUT2D eigenvalue weighted by Crippen LogP contribution is -2.44. The van der Waals surface area contributed by atoms with Crippen LogP contribution in [0.2, 0.25) is 0 Å². The molecule has 1 N–H and O–H groups in total. The molecule has 1 aliphatic heterocycles. The van der Waals surface area contributed by atoms with E-state index in [0.717, 1.165) is 18.1 Å². The summed E-state index contributed by atoms with van der Waals surface area (Å²) in [6, 6.07) is 5.07. The lowest BCUT2D eigenvalue weighted by atomic mass is 10.3. The lowest BCUT2D eigenvalue weighted by Gasteiger charge is -2.32. The highest BCUT2D eigenvalue weighted by atomic mass is 32.2. The summed E-state index contributed by atoms with van der Waals surface area (Å²) in [5.74, 6) is 1.38. The van der Waals surface area contributed by atoms with Crippen LogP contribution >= 0.6 is 11.8 Å². The smallest absolute Gasteiger partial charge is 0.298 e. The number of rotatable bonds is 2. The number of hydrogen-bond acceptors (Lipinski definition) is 5. The van der Waals surface area contributed by atoms with Gasteiger partial charge in [0.05, 0.1) is 12.6 Å². The predicted molar refractivity (Wildman–Crippen MR) is 69.5 cm³/mol. The van der Waals surface area contributed by atoms with Crippen molar-refractivity contribution in [2.45, 2.75) is 6.04 Å². The topological polar surface area (TPSA) is 49.5 Å². The van der Waals surface area contributed by atoms with Gasteiger partial charge in [0.15, 0.2) is 11.4 Å². The standard InChI is InChI=1S/C12H13FN2O2S/c13-9-2-1-3-10-11(9)17-12(14-10)15-4-5-18-7-8(15)6-16/h1-3,8,16H,4-7H2. The van der Waals surface area contributed by atoms with Crippen molar-refractivity contribution in [2.24, 2.45) is 0 Å². The first-order valence-electron chi connectivity index (χ1n) is 5.80. The Hall–Kier alpha value is -1.27. The molecule has 1 saturated heterocycles. The van der Waals surface area contributed by atoms with Gasteiger partial charge >= 0.3 is 0 Å². The van der Waals surface area contributed by atoms with Crippen LogP contribution in [0, 0.1) is 5.82 Å². The van der Waals surface area contributed by atoms with Crippen molar-refractivity contribution < 1.29 is 13.9 Å². The molecule has 2 heterocycles. The van der Waals surface area contributed by atoms with E-state index in [2.05, 4.69) is 4.98 Å². The van der Waals surface area contributed by atoms with Crippen LogP contribution < -0.4 is 4.90 Å². The van der Waals surface area contributed by atoms with Gasteiger partial charge in [-0.2, -0.15) is 16.7 Å². The van der Waals surface area contributed by atoms with Gasteiger partial charge in [0, 0.05) is 18.1 Å². The zero-order valence-electron chi connectivity index (χ0n) is 9.67. The molecule has 1 unspecified atom stereocenters. The zero-order chi connectivity index (χ0) is 12.5. The summed E-state index contributed by atoms with van der Waals surface area (Å²) < 4.78 is 19.0. The number of benzene rings is 1. The van der Waals surface area contributed by atoms with Crippen LogP contribution in [0.25, 0.3) is 11.1 Å². The number of aliphatic hydroxyl groups excluding tert-OH is 1. The number of fused-ring (bicyclic) bond motifs is 1. The van der Waals surface area contributed by atoms with Crippen LogP contribution in [0.1, 0.15) is 0 Å². The second kappa shape index (κ2) is 4.78. The van der Waals surface area contributed by atoms with Gasteiger partial charge < -0.3 is 14.4 Å². The Labute approximate surface area is 108 Å². The molecule has 0 aliphatic carbocycles. The van der Waals surface area contributed by atoms with E-state index in [9.17, 15) is 9.50 Å². The van der Waals surface area contributed by atoms with Gasteiger partial charge in [0.2, 0.25) is 0 Å². The maximum Gasteiger partial charge on any atom is 0.298 e. The van der Waals surface area contributed by atoms with Crippen LogP contribution in [0.15, 0.2) is 22.6 Å². The maximum atomic E-state index is 13.5. The summed E-state index contributed by atoms with van der Waals surface area (Å²) in [4.78, 5) is 6.21. The quantitative estimate of drug-likeness (QED) is 0.901. The molecule has 1 atom stereocenters. The van der Waals surface area contributed by atoms with Crippen LogP contribution in [-0.4, -0.2) is 40.8 Å². The predicted octanol–water partition coefficient (Wildman–Crippen LogP) is 1.88. The van der Waals surface area contributed by atoms with Crippen molar-refractivity contribution in [3.05, 3.63) is 24.0 Å². The highest BCUT2D eigenvalue weighted by molar-refractivity contribution is 7.99. The van der Waals surface area contributed by atoms with Crippen molar-refractivity contribution in [1.29, 1.82) is 0 Å². The Morgan fingerprint density at radius 3 is 3.22 bits per heavy atom. The van der Waals surface area contributed by atoms with E-state index in [1.165, 1.54) is 6.07 Å². The second-order valence-corrected chi connectivity index (χ2v) is 5.34. The van der Waals surface area contributed by atoms with Crippen molar-refractivity contribution in [3.8, 4) is 0 Å². The molecule has 3 rings (SSSR count). The molecule has 1 aliphatic rings. The summed E-state index contributed by atoms with van der Waals surface area (Å²) in [5.41, 5.74) is 0.697. The average molecular weight is 268 g/mol. The first kappa shape index (κ1) is 11.8. The minimum absolute atomic E-state index is 0.0140. The van der Waals surface area contributed by atoms with Gasteiger partial charge in [0.1, 0.15) is 5.52 Å². The van der Waals surface area contributed by atoms with E-state index in [-0.39, 0.29) is 18.2 Å². The fourth-order valence-corrected chi connectivity index (χ4v) is 3.13. The fourth-order valence-electron chi connectivity index (χ4n) is 2.08. The summed E-state index contributed by atoms with van der Waals surface area (Å²) in [6.45, 7) is 0.804.